The second-order valence-electron chi connectivity index (χ2n) is 3.48. The van der Waals surface area contributed by atoms with Gasteiger partial charge in [0.25, 0.3) is 0 Å². The molecule has 1 aromatic rings. The molecule has 5 heteroatoms. The summed E-state index contributed by atoms with van der Waals surface area (Å²) in [5.41, 5.74) is 0.865. The van der Waals surface area contributed by atoms with Crippen molar-refractivity contribution in [2.75, 3.05) is 18.6 Å². The first kappa shape index (κ1) is 11.8. The minimum absolute atomic E-state index is 0.0261. The number of rotatable bonds is 4. The molecule has 0 heterocycles. The van der Waals surface area contributed by atoms with Crippen LogP contribution >= 0.6 is 0 Å². The molecule has 15 heavy (non-hydrogen) atoms. The molecule has 0 radical (unpaired) electrons. The van der Waals surface area contributed by atoms with Gasteiger partial charge in [0.2, 0.25) is 0 Å². The van der Waals surface area contributed by atoms with Crippen LogP contribution in [0.25, 0.3) is 0 Å². The summed E-state index contributed by atoms with van der Waals surface area (Å²) in [5, 5.41) is 9.25. The first-order valence-electron chi connectivity index (χ1n) is 4.48. The molecule has 0 spiro atoms. The second-order valence-corrected chi connectivity index (χ2v) is 5.74. The Bertz CT molecular complexity index is 416. The summed E-state index contributed by atoms with van der Waals surface area (Å²) in [4.78, 5) is 0. The topological polar surface area (TPSA) is 63.6 Å². The Balaban J connectivity index is 2.58. The summed E-state index contributed by atoms with van der Waals surface area (Å²) < 4.78 is 26.9. The lowest BCUT2D eigenvalue weighted by Gasteiger charge is -2.06. The highest BCUT2D eigenvalue weighted by molar-refractivity contribution is 7.90. The Morgan fingerprint density at radius 3 is 2.53 bits per heavy atom. The lowest BCUT2D eigenvalue weighted by atomic mass is 10.2. The maximum atomic E-state index is 10.8. The van der Waals surface area contributed by atoms with Crippen molar-refractivity contribution in [2.45, 2.75) is 6.92 Å². The lowest BCUT2D eigenvalue weighted by Crippen LogP contribution is -2.12. The van der Waals surface area contributed by atoms with Crippen molar-refractivity contribution < 1.29 is 18.3 Å². The molecule has 0 saturated carbocycles. The molecule has 0 aliphatic heterocycles. The van der Waals surface area contributed by atoms with E-state index in [1.165, 1.54) is 6.07 Å². The van der Waals surface area contributed by atoms with Crippen LogP contribution in [0.2, 0.25) is 0 Å². The van der Waals surface area contributed by atoms with Crippen molar-refractivity contribution in [3.8, 4) is 11.5 Å². The highest BCUT2D eigenvalue weighted by atomic mass is 32.2. The van der Waals surface area contributed by atoms with E-state index < -0.39 is 9.84 Å². The van der Waals surface area contributed by atoms with Gasteiger partial charge in [-0.3, -0.25) is 0 Å². The molecule has 0 amide bonds. The van der Waals surface area contributed by atoms with Gasteiger partial charge in [-0.05, 0) is 24.6 Å². The van der Waals surface area contributed by atoms with Crippen LogP contribution in [0.3, 0.4) is 0 Å². The zero-order valence-electron chi connectivity index (χ0n) is 8.73. The molecule has 4 nitrogen and oxygen atoms in total. The maximum absolute atomic E-state index is 10.8. The van der Waals surface area contributed by atoms with E-state index in [2.05, 4.69) is 0 Å². The van der Waals surface area contributed by atoms with Gasteiger partial charge in [0.1, 0.15) is 18.1 Å². The lowest BCUT2D eigenvalue weighted by molar-refractivity contribution is 0.338. The highest BCUT2D eigenvalue weighted by Gasteiger charge is 2.03. The first-order chi connectivity index (χ1) is 6.87. The molecule has 1 rings (SSSR count). The molecule has 84 valence electrons. The van der Waals surface area contributed by atoms with Crippen LogP contribution in [0.15, 0.2) is 18.2 Å². The van der Waals surface area contributed by atoms with Crippen molar-refractivity contribution in [3.63, 3.8) is 0 Å². The fourth-order valence-electron chi connectivity index (χ4n) is 1.12. The molecule has 1 aromatic carbocycles. The molecule has 0 fully saturated rings. The minimum Gasteiger partial charge on any atom is -0.508 e. The summed E-state index contributed by atoms with van der Waals surface area (Å²) >= 11 is 0. The number of ether oxygens (including phenoxy) is 1. The second kappa shape index (κ2) is 4.53. The van der Waals surface area contributed by atoms with Gasteiger partial charge < -0.3 is 9.84 Å². The molecule has 0 saturated heterocycles. The van der Waals surface area contributed by atoms with Crippen LogP contribution in [0.1, 0.15) is 5.56 Å². The normalized spacial score (nSPS) is 11.3. The molecular formula is C10H14O4S. The molecule has 0 bridgehead atoms. The Hall–Kier alpha value is -1.23. The number of phenols is 1. The fourth-order valence-corrected chi connectivity index (χ4v) is 1.51. The largest absolute Gasteiger partial charge is 0.508 e. The molecule has 0 atom stereocenters. The summed E-state index contributed by atoms with van der Waals surface area (Å²) in [6, 6.07) is 4.79. The summed E-state index contributed by atoms with van der Waals surface area (Å²) in [7, 11) is -3.00. The average molecular weight is 230 g/mol. The van der Waals surface area contributed by atoms with Crippen molar-refractivity contribution in [1.29, 1.82) is 0 Å². The summed E-state index contributed by atoms with van der Waals surface area (Å²) in [5.74, 6) is 0.572. The van der Waals surface area contributed by atoms with Gasteiger partial charge in [0.15, 0.2) is 9.84 Å². The number of aryl methyl sites for hydroxylation is 1. The third-order valence-electron chi connectivity index (χ3n) is 1.76. The van der Waals surface area contributed by atoms with Crippen LogP contribution in [-0.4, -0.2) is 32.1 Å². The van der Waals surface area contributed by atoms with Gasteiger partial charge in [0, 0.05) is 12.3 Å². The number of phenolic OH excluding ortho intramolecular Hbond substituents is 1. The zero-order valence-corrected chi connectivity index (χ0v) is 9.54. The van der Waals surface area contributed by atoms with Crippen LogP contribution in [0, 0.1) is 6.92 Å². The van der Waals surface area contributed by atoms with Gasteiger partial charge in [-0.25, -0.2) is 8.42 Å². The molecule has 0 aromatic heterocycles. The molecular weight excluding hydrogens is 216 g/mol. The Kier molecular flexibility index (Phi) is 3.57. The average Bonchev–Trinajstić information content (AvgIpc) is 1.99. The Morgan fingerprint density at radius 1 is 1.33 bits per heavy atom. The quantitative estimate of drug-likeness (QED) is 0.842. The first-order valence-corrected chi connectivity index (χ1v) is 6.54. The van der Waals surface area contributed by atoms with E-state index in [0.29, 0.717) is 5.75 Å². The molecule has 0 aliphatic carbocycles. The van der Waals surface area contributed by atoms with Crippen molar-refractivity contribution >= 4 is 9.84 Å². The highest BCUT2D eigenvalue weighted by Crippen LogP contribution is 2.20. The third kappa shape index (κ3) is 4.69. The Morgan fingerprint density at radius 2 is 2.00 bits per heavy atom. The van der Waals surface area contributed by atoms with Crippen LogP contribution < -0.4 is 4.74 Å². The van der Waals surface area contributed by atoms with Crippen molar-refractivity contribution in [2.24, 2.45) is 0 Å². The third-order valence-corrected chi connectivity index (χ3v) is 2.67. The van der Waals surface area contributed by atoms with E-state index >= 15 is 0 Å². The van der Waals surface area contributed by atoms with Crippen LogP contribution in [0.5, 0.6) is 11.5 Å². The van der Waals surface area contributed by atoms with Crippen molar-refractivity contribution in [1.82, 2.24) is 0 Å². The molecule has 0 unspecified atom stereocenters. The number of aromatic hydroxyl groups is 1. The SMILES string of the molecule is Cc1cc(O)cc(OCCS(C)(=O)=O)c1. The van der Waals surface area contributed by atoms with E-state index in [4.69, 9.17) is 4.74 Å². The minimum atomic E-state index is -3.00. The number of benzene rings is 1. The van der Waals surface area contributed by atoms with E-state index in [9.17, 15) is 13.5 Å². The van der Waals surface area contributed by atoms with Gasteiger partial charge in [-0.2, -0.15) is 0 Å². The number of sulfone groups is 1. The van der Waals surface area contributed by atoms with E-state index in [-0.39, 0.29) is 18.1 Å². The van der Waals surface area contributed by atoms with Crippen LogP contribution in [-0.2, 0) is 9.84 Å². The standard InChI is InChI=1S/C10H14O4S/c1-8-5-9(11)7-10(6-8)14-3-4-15(2,12)13/h5-7,11H,3-4H2,1-2H3. The van der Waals surface area contributed by atoms with Gasteiger partial charge in [-0.15, -0.1) is 0 Å². The number of hydrogen-bond acceptors (Lipinski definition) is 4. The van der Waals surface area contributed by atoms with E-state index in [0.717, 1.165) is 11.8 Å². The molecule has 1 N–H and O–H groups in total. The number of hydrogen-bond donors (Lipinski definition) is 1. The maximum Gasteiger partial charge on any atom is 0.150 e. The van der Waals surface area contributed by atoms with Gasteiger partial charge >= 0.3 is 0 Å². The summed E-state index contributed by atoms with van der Waals surface area (Å²) in [6.45, 7) is 1.92. The van der Waals surface area contributed by atoms with Crippen LogP contribution in [0.4, 0.5) is 0 Å². The smallest absolute Gasteiger partial charge is 0.150 e. The van der Waals surface area contributed by atoms with Crippen molar-refractivity contribution in [3.05, 3.63) is 23.8 Å². The predicted octanol–water partition coefficient (Wildman–Crippen LogP) is 1.12. The predicted molar refractivity (Wildman–Crippen MR) is 58.0 cm³/mol. The van der Waals surface area contributed by atoms with Gasteiger partial charge in [-0.1, -0.05) is 0 Å². The molecule has 0 aliphatic rings. The fraction of sp³-hybridized carbons (Fsp3) is 0.400. The van der Waals surface area contributed by atoms with E-state index in [1.807, 2.05) is 6.92 Å². The zero-order chi connectivity index (χ0) is 11.5. The monoisotopic (exact) mass is 230 g/mol. The Labute approximate surface area is 89.4 Å². The van der Waals surface area contributed by atoms with E-state index in [1.54, 1.807) is 12.1 Å². The van der Waals surface area contributed by atoms with Gasteiger partial charge in [0.05, 0.1) is 5.75 Å². The summed E-state index contributed by atoms with van der Waals surface area (Å²) in [6.07, 6.45) is 1.16.